The minimum Gasteiger partial charge on any atom is -0.395 e. The van der Waals surface area contributed by atoms with Crippen LogP contribution in [-0.4, -0.2) is 38.0 Å². The van der Waals surface area contributed by atoms with Gasteiger partial charge in [0.05, 0.1) is 6.61 Å². The van der Waals surface area contributed by atoms with Crippen LogP contribution in [0.5, 0.6) is 0 Å². The highest BCUT2D eigenvalue weighted by Gasteiger charge is 2.02. The van der Waals surface area contributed by atoms with Crippen LogP contribution in [0.2, 0.25) is 0 Å². The molecule has 1 unspecified atom stereocenters. The van der Waals surface area contributed by atoms with Crippen molar-refractivity contribution in [1.29, 1.82) is 0 Å². The van der Waals surface area contributed by atoms with Gasteiger partial charge in [-0.05, 0) is 19.9 Å². The van der Waals surface area contributed by atoms with Crippen LogP contribution in [0.25, 0.3) is 0 Å². The van der Waals surface area contributed by atoms with Crippen LogP contribution in [0.15, 0.2) is 0 Å². The zero-order valence-corrected chi connectivity index (χ0v) is 8.18. The number of ether oxygens (including phenoxy) is 1. The van der Waals surface area contributed by atoms with Crippen LogP contribution in [0.4, 0.5) is 0 Å². The Labute approximate surface area is 75.1 Å². The molecule has 0 amide bonds. The molecular weight excluding hydrogens is 154 g/mol. The summed E-state index contributed by atoms with van der Waals surface area (Å²) in [5, 5.41) is 11.8. The van der Waals surface area contributed by atoms with Crippen molar-refractivity contribution < 1.29 is 9.84 Å². The quantitative estimate of drug-likeness (QED) is 0.535. The molecule has 0 heterocycles. The summed E-state index contributed by atoms with van der Waals surface area (Å²) in [5.41, 5.74) is 0. The molecule has 0 radical (unpaired) electrons. The molecule has 0 rings (SSSR count). The van der Waals surface area contributed by atoms with Gasteiger partial charge in [-0.2, -0.15) is 0 Å². The topological polar surface area (TPSA) is 41.5 Å². The van der Waals surface area contributed by atoms with Gasteiger partial charge in [0.2, 0.25) is 0 Å². The van der Waals surface area contributed by atoms with Crippen LogP contribution in [-0.2, 0) is 4.74 Å². The molecule has 74 valence electrons. The van der Waals surface area contributed by atoms with Crippen LogP contribution in [0.3, 0.4) is 0 Å². The van der Waals surface area contributed by atoms with Crippen molar-refractivity contribution >= 4 is 0 Å². The van der Waals surface area contributed by atoms with Crippen LogP contribution < -0.4 is 5.32 Å². The Morgan fingerprint density at radius 3 is 2.67 bits per heavy atom. The Hall–Kier alpha value is -0.120. The molecule has 0 saturated carbocycles. The average Bonchev–Trinajstić information content (AvgIpc) is 2.11. The van der Waals surface area contributed by atoms with Crippen LogP contribution in [0.1, 0.15) is 26.2 Å². The van der Waals surface area contributed by atoms with Gasteiger partial charge in [0.25, 0.3) is 0 Å². The fourth-order valence-electron chi connectivity index (χ4n) is 0.901. The van der Waals surface area contributed by atoms with Gasteiger partial charge in [-0.3, -0.25) is 0 Å². The minimum absolute atomic E-state index is 0.187. The maximum atomic E-state index is 8.81. The molecule has 0 spiro atoms. The third-order valence-electron chi connectivity index (χ3n) is 1.88. The molecule has 0 aromatic rings. The van der Waals surface area contributed by atoms with Crippen molar-refractivity contribution in [2.75, 3.05) is 26.9 Å². The summed E-state index contributed by atoms with van der Waals surface area (Å²) in [4.78, 5) is 0. The minimum atomic E-state index is 0.187. The molecular formula is C9H21NO2. The lowest BCUT2D eigenvalue weighted by molar-refractivity contribution is 0.113. The van der Waals surface area contributed by atoms with Crippen LogP contribution in [0, 0.1) is 0 Å². The van der Waals surface area contributed by atoms with E-state index in [-0.39, 0.29) is 12.6 Å². The van der Waals surface area contributed by atoms with Crippen molar-refractivity contribution in [3.05, 3.63) is 0 Å². The Morgan fingerprint density at radius 1 is 1.42 bits per heavy atom. The van der Waals surface area contributed by atoms with Crippen molar-refractivity contribution in [1.82, 2.24) is 5.32 Å². The second-order valence-corrected chi connectivity index (χ2v) is 2.92. The van der Waals surface area contributed by atoms with E-state index in [9.17, 15) is 0 Å². The fraction of sp³-hybridized carbons (Fsp3) is 1.00. The van der Waals surface area contributed by atoms with Gasteiger partial charge in [-0.1, -0.05) is 13.3 Å². The molecule has 3 nitrogen and oxygen atoms in total. The number of rotatable bonds is 8. The van der Waals surface area contributed by atoms with Crippen molar-refractivity contribution in [3.63, 3.8) is 0 Å². The van der Waals surface area contributed by atoms with Gasteiger partial charge >= 0.3 is 0 Å². The van der Waals surface area contributed by atoms with Gasteiger partial charge in [0.15, 0.2) is 0 Å². The van der Waals surface area contributed by atoms with Crippen molar-refractivity contribution in [3.8, 4) is 0 Å². The van der Waals surface area contributed by atoms with E-state index in [1.807, 2.05) is 7.05 Å². The third-order valence-corrected chi connectivity index (χ3v) is 1.88. The lowest BCUT2D eigenvalue weighted by Crippen LogP contribution is -2.30. The van der Waals surface area contributed by atoms with Gasteiger partial charge in [0, 0.05) is 19.3 Å². The molecule has 0 bridgehead atoms. The van der Waals surface area contributed by atoms with E-state index in [1.54, 1.807) is 0 Å². The molecule has 0 fully saturated rings. The van der Waals surface area contributed by atoms with Gasteiger partial charge in [-0.15, -0.1) is 0 Å². The molecule has 0 aliphatic heterocycles. The van der Waals surface area contributed by atoms with E-state index in [2.05, 4.69) is 12.2 Å². The van der Waals surface area contributed by atoms with E-state index < -0.39 is 0 Å². The summed E-state index contributed by atoms with van der Waals surface area (Å²) in [5.74, 6) is 0. The summed E-state index contributed by atoms with van der Waals surface area (Å²) in [6.07, 6.45) is 3.19. The van der Waals surface area contributed by atoms with E-state index in [4.69, 9.17) is 9.84 Å². The smallest absolute Gasteiger partial charge is 0.0585 e. The van der Waals surface area contributed by atoms with E-state index in [1.165, 1.54) is 6.42 Å². The molecule has 3 heteroatoms. The Kier molecular flexibility index (Phi) is 8.88. The highest BCUT2D eigenvalue weighted by molar-refractivity contribution is 4.60. The van der Waals surface area contributed by atoms with E-state index in [0.717, 1.165) is 26.1 Å². The summed E-state index contributed by atoms with van der Waals surface area (Å²) in [7, 11) is 1.85. The number of hydrogen-bond acceptors (Lipinski definition) is 3. The Balaban J connectivity index is 3.06. The number of hydrogen-bond donors (Lipinski definition) is 2. The van der Waals surface area contributed by atoms with Crippen molar-refractivity contribution in [2.45, 2.75) is 32.2 Å². The molecule has 12 heavy (non-hydrogen) atoms. The van der Waals surface area contributed by atoms with Crippen molar-refractivity contribution in [2.24, 2.45) is 0 Å². The van der Waals surface area contributed by atoms with Gasteiger partial charge < -0.3 is 15.2 Å². The zero-order chi connectivity index (χ0) is 9.23. The fourth-order valence-corrected chi connectivity index (χ4v) is 0.901. The molecule has 0 aliphatic rings. The first-order valence-electron chi connectivity index (χ1n) is 4.71. The Morgan fingerprint density at radius 2 is 2.17 bits per heavy atom. The molecule has 0 aromatic heterocycles. The molecule has 0 saturated heterocycles. The highest BCUT2D eigenvalue weighted by atomic mass is 16.5. The maximum absolute atomic E-state index is 8.81. The molecule has 1 atom stereocenters. The molecule has 0 aromatic carbocycles. The van der Waals surface area contributed by atoms with Crippen LogP contribution >= 0.6 is 0 Å². The number of aliphatic hydroxyl groups excluding tert-OH is 1. The summed E-state index contributed by atoms with van der Waals surface area (Å²) in [6, 6.07) is 0.187. The Bertz CT molecular complexity index is 84.6. The lowest BCUT2D eigenvalue weighted by atomic mass is 10.2. The molecule has 0 aliphatic carbocycles. The van der Waals surface area contributed by atoms with Gasteiger partial charge in [0.1, 0.15) is 0 Å². The molecule has 2 N–H and O–H groups in total. The maximum Gasteiger partial charge on any atom is 0.0585 e. The lowest BCUT2D eigenvalue weighted by Gasteiger charge is -2.12. The first kappa shape index (κ1) is 11.9. The SMILES string of the molecule is CCCCOCCC(CO)NC. The van der Waals surface area contributed by atoms with E-state index in [0.29, 0.717) is 0 Å². The first-order valence-corrected chi connectivity index (χ1v) is 4.71. The number of aliphatic hydroxyl groups is 1. The largest absolute Gasteiger partial charge is 0.395 e. The van der Waals surface area contributed by atoms with E-state index >= 15 is 0 Å². The number of nitrogens with one attached hydrogen (secondary N) is 1. The average molecular weight is 175 g/mol. The monoisotopic (exact) mass is 175 g/mol. The second-order valence-electron chi connectivity index (χ2n) is 2.92. The standard InChI is InChI=1S/C9H21NO2/c1-3-4-6-12-7-5-9(8-11)10-2/h9-11H,3-8H2,1-2H3. The third kappa shape index (κ3) is 6.58. The number of likely N-dealkylation sites (N-methyl/N-ethyl adjacent to an activating group) is 1. The van der Waals surface area contributed by atoms with Gasteiger partial charge in [-0.25, -0.2) is 0 Å². The predicted octanol–water partition coefficient (Wildman–Crippen LogP) is 0.773. The zero-order valence-electron chi connectivity index (χ0n) is 8.18. The predicted molar refractivity (Wildman–Crippen MR) is 50.3 cm³/mol. The second kappa shape index (κ2) is 8.97. The summed E-state index contributed by atoms with van der Waals surface area (Å²) in [6.45, 7) is 3.92. The highest BCUT2D eigenvalue weighted by Crippen LogP contribution is 1.93. The normalized spacial score (nSPS) is 13.2. The summed E-state index contributed by atoms with van der Waals surface area (Å²) >= 11 is 0. The summed E-state index contributed by atoms with van der Waals surface area (Å²) < 4.78 is 5.36. The number of unbranched alkanes of at least 4 members (excludes halogenated alkanes) is 1. The first-order chi connectivity index (χ1) is 5.85.